The molecular formula is C46H89NO8. The summed E-state index contributed by atoms with van der Waals surface area (Å²) < 4.78 is 11.2. The molecular weight excluding hydrogens is 695 g/mol. The van der Waals surface area contributed by atoms with Crippen LogP contribution in [0.15, 0.2) is 12.2 Å². The van der Waals surface area contributed by atoms with Gasteiger partial charge in [-0.3, -0.25) is 4.79 Å². The van der Waals surface area contributed by atoms with Crippen molar-refractivity contribution in [1.82, 2.24) is 5.32 Å². The maximum atomic E-state index is 12.9. The highest BCUT2D eigenvalue weighted by molar-refractivity contribution is 5.76. The second-order valence-corrected chi connectivity index (χ2v) is 16.6. The molecule has 1 aliphatic rings. The van der Waals surface area contributed by atoms with E-state index in [-0.39, 0.29) is 12.5 Å². The van der Waals surface area contributed by atoms with Crippen molar-refractivity contribution in [3.05, 3.63) is 12.2 Å². The molecule has 1 amide bonds. The smallest absolute Gasteiger partial charge is 0.220 e. The van der Waals surface area contributed by atoms with E-state index in [0.717, 1.165) is 38.5 Å². The first-order chi connectivity index (χ1) is 26.8. The van der Waals surface area contributed by atoms with Crippen molar-refractivity contribution in [2.75, 3.05) is 13.2 Å². The Morgan fingerprint density at radius 1 is 0.600 bits per heavy atom. The summed E-state index contributed by atoms with van der Waals surface area (Å²) in [7, 11) is 0. The Balaban J connectivity index is 2.26. The summed E-state index contributed by atoms with van der Waals surface area (Å²) in [5, 5.41) is 54.1. The lowest BCUT2D eigenvalue weighted by Gasteiger charge is -2.40. The largest absolute Gasteiger partial charge is 0.394 e. The summed E-state index contributed by atoms with van der Waals surface area (Å²) in [6.07, 6.45) is 35.6. The number of carbonyl (C=O) groups excluding carboxylic acids is 1. The molecule has 1 heterocycles. The molecule has 326 valence electrons. The topological polar surface area (TPSA) is 149 Å². The lowest BCUT2D eigenvalue weighted by Crippen LogP contribution is -2.60. The molecule has 9 heteroatoms. The summed E-state index contributed by atoms with van der Waals surface area (Å²) in [4.78, 5) is 12.9. The van der Waals surface area contributed by atoms with Gasteiger partial charge in [-0.25, -0.2) is 0 Å². The standard InChI is InChI=1S/C46H89NO8/c1-3-5-7-9-11-13-14-15-16-17-18-19-20-21-22-23-24-25-26-28-29-31-33-35-40(49)39(38-54-46-45(53)44(52)43(51)41(37-48)55-46)47-42(50)36-34-32-30-27-12-10-8-6-4-2/h33,35,39-41,43-46,48-49,51-53H,3-32,34,36-38H2,1-2H3,(H,47,50)/b35-33+. The maximum absolute atomic E-state index is 12.9. The number of aliphatic hydroxyl groups is 5. The molecule has 0 radical (unpaired) electrons. The Bertz CT molecular complexity index is 873. The molecule has 0 aromatic heterocycles. The third kappa shape index (κ3) is 28.1. The fraction of sp³-hybridized carbons (Fsp3) is 0.935. The van der Waals surface area contributed by atoms with Crippen molar-refractivity contribution in [3.8, 4) is 0 Å². The van der Waals surface area contributed by atoms with Gasteiger partial charge in [0.2, 0.25) is 5.91 Å². The van der Waals surface area contributed by atoms with E-state index in [1.165, 1.54) is 161 Å². The molecule has 1 rings (SSSR count). The van der Waals surface area contributed by atoms with Crippen LogP contribution in [0.4, 0.5) is 0 Å². The van der Waals surface area contributed by atoms with E-state index >= 15 is 0 Å². The van der Waals surface area contributed by atoms with Crippen molar-refractivity contribution in [3.63, 3.8) is 0 Å². The normalized spacial score (nSPS) is 21.3. The van der Waals surface area contributed by atoms with Gasteiger partial charge in [0.05, 0.1) is 25.4 Å². The average molecular weight is 784 g/mol. The number of ether oxygens (including phenoxy) is 2. The molecule has 0 bridgehead atoms. The van der Waals surface area contributed by atoms with Crippen LogP contribution in [0.5, 0.6) is 0 Å². The second-order valence-electron chi connectivity index (χ2n) is 16.6. The van der Waals surface area contributed by atoms with E-state index in [1.54, 1.807) is 6.08 Å². The van der Waals surface area contributed by atoms with Gasteiger partial charge in [-0.15, -0.1) is 0 Å². The molecule has 0 aromatic carbocycles. The number of amides is 1. The minimum atomic E-state index is -1.56. The predicted molar refractivity (Wildman–Crippen MR) is 226 cm³/mol. The molecule has 1 fully saturated rings. The minimum Gasteiger partial charge on any atom is -0.394 e. The van der Waals surface area contributed by atoms with Crippen LogP contribution >= 0.6 is 0 Å². The number of rotatable bonds is 39. The third-order valence-corrected chi connectivity index (χ3v) is 11.4. The number of carbonyl (C=O) groups is 1. The Morgan fingerprint density at radius 2 is 1.00 bits per heavy atom. The molecule has 7 unspecified atom stereocenters. The zero-order valence-corrected chi connectivity index (χ0v) is 35.7. The number of aliphatic hydroxyl groups excluding tert-OH is 5. The van der Waals surface area contributed by atoms with Gasteiger partial charge >= 0.3 is 0 Å². The molecule has 1 saturated heterocycles. The highest BCUT2D eigenvalue weighted by atomic mass is 16.7. The zero-order valence-electron chi connectivity index (χ0n) is 35.7. The Kier molecular flexibility index (Phi) is 35.2. The van der Waals surface area contributed by atoms with Crippen LogP contribution in [-0.4, -0.2) is 87.5 Å². The molecule has 0 aliphatic carbocycles. The predicted octanol–water partition coefficient (Wildman–Crippen LogP) is 9.73. The average Bonchev–Trinajstić information content (AvgIpc) is 3.18. The zero-order chi connectivity index (χ0) is 40.2. The Hall–Kier alpha value is -1.07. The van der Waals surface area contributed by atoms with Crippen molar-refractivity contribution in [1.29, 1.82) is 0 Å². The summed E-state index contributed by atoms with van der Waals surface area (Å²) in [6.45, 7) is 3.76. The molecule has 0 aromatic rings. The van der Waals surface area contributed by atoms with E-state index < -0.39 is 49.5 Å². The van der Waals surface area contributed by atoms with Gasteiger partial charge in [0.25, 0.3) is 0 Å². The highest BCUT2D eigenvalue weighted by Gasteiger charge is 2.44. The number of allylic oxidation sites excluding steroid dienone is 1. The van der Waals surface area contributed by atoms with Crippen LogP contribution in [-0.2, 0) is 14.3 Å². The van der Waals surface area contributed by atoms with Crippen LogP contribution in [0.2, 0.25) is 0 Å². The van der Waals surface area contributed by atoms with Gasteiger partial charge in [-0.2, -0.15) is 0 Å². The fourth-order valence-corrected chi connectivity index (χ4v) is 7.57. The molecule has 7 atom stereocenters. The molecule has 1 aliphatic heterocycles. The van der Waals surface area contributed by atoms with E-state index in [4.69, 9.17) is 9.47 Å². The van der Waals surface area contributed by atoms with Crippen LogP contribution in [0.1, 0.15) is 219 Å². The van der Waals surface area contributed by atoms with Crippen molar-refractivity contribution >= 4 is 5.91 Å². The quantitative estimate of drug-likeness (QED) is 0.0267. The number of unbranched alkanes of at least 4 members (excludes halogenated alkanes) is 29. The Morgan fingerprint density at radius 3 is 1.42 bits per heavy atom. The molecule has 55 heavy (non-hydrogen) atoms. The van der Waals surface area contributed by atoms with E-state index in [0.29, 0.717) is 6.42 Å². The first-order valence-corrected chi connectivity index (χ1v) is 23.4. The summed E-state index contributed by atoms with van der Waals surface area (Å²) in [5.41, 5.74) is 0. The van der Waals surface area contributed by atoms with Gasteiger partial charge in [-0.05, 0) is 19.3 Å². The first-order valence-electron chi connectivity index (χ1n) is 23.4. The summed E-state index contributed by atoms with van der Waals surface area (Å²) in [6, 6.07) is -0.797. The van der Waals surface area contributed by atoms with E-state index in [2.05, 4.69) is 19.2 Å². The SMILES string of the molecule is CCCCCCCCCCCCCCCCCCCCCCC/C=C/C(O)C(COC1OC(CO)C(O)C(O)C1O)NC(=O)CCCCCCCCCCC. The maximum Gasteiger partial charge on any atom is 0.220 e. The molecule has 0 saturated carbocycles. The highest BCUT2D eigenvalue weighted by Crippen LogP contribution is 2.23. The van der Waals surface area contributed by atoms with Crippen molar-refractivity contribution in [2.45, 2.75) is 262 Å². The summed E-state index contributed by atoms with van der Waals surface area (Å²) in [5.74, 6) is -0.179. The van der Waals surface area contributed by atoms with Gasteiger partial charge < -0.3 is 40.3 Å². The Labute approximate surface area is 337 Å². The lowest BCUT2D eigenvalue weighted by molar-refractivity contribution is -0.302. The fourth-order valence-electron chi connectivity index (χ4n) is 7.57. The van der Waals surface area contributed by atoms with Crippen molar-refractivity contribution < 1.29 is 39.8 Å². The van der Waals surface area contributed by atoms with Crippen molar-refractivity contribution in [2.24, 2.45) is 0 Å². The van der Waals surface area contributed by atoms with Crippen LogP contribution in [0, 0.1) is 0 Å². The van der Waals surface area contributed by atoms with Gasteiger partial charge in [0, 0.05) is 6.42 Å². The van der Waals surface area contributed by atoms with Crippen LogP contribution in [0.3, 0.4) is 0 Å². The molecule has 9 nitrogen and oxygen atoms in total. The molecule has 0 spiro atoms. The van der Waals surface area contributed by atoms with Gasteiger partial charge in [0.1, 0.15) is 24.4 Å². The van der Waals surface area contributed by atoms with Gasteiger partial charge in [0.15, 0.2) is 6.29 Å². The minimum absolute atomic E-state index is 0.179. The number of hydrogen-bond acceptors (Lipinski definition) is 8. The van der Waals surface area contributed by atoms with Crippen LogP contribution in [0.25, 0.3) is 0 Å². The number of hydrogen-bond donors (Lipinski definition) is 6. The van der Waals surface area contributed by atoms with Crippen LogP contribution < -0.4 is 5.32 Å². The van der Waals surface area contributed by atoms with E-state index in [1.807, 2.05) is 6.08 Å². The molecule has 6 N–H and O–H groups in total. The monoisotopic (exact) mass is 784 g/mol. The summed E-state index contributed by atoms with van der Waals surface area (Å²) >= 11 is 0. The number of nitrogens with one attached hydrogen (secondary N) is 1. The van der Waals surface area contributed by atoms with Gasteiger partial charge in [-0.1, -0.05) is 206 Å². The first kappa shape index (κ1) is 51.9. The third-order valence-electron chi connectivity index (χ3n) is 11.4. The lowest BCUT2D eigenvalue weighted by atomic mass is 9.99. The second kappa shape index (κ2) is 37.2. The van der Waals surface area contributed by atoms with E-state index in [9.17, 15) is 30.3 Å².